The predicted molar refractivity (Wildman–Crippen MR) is 115 cm³/mol. The SMILES string of the molecule is COCC(=O)N(N)c1cc(-c2c(Nc3ccccc3)c3c(n2N)COCC3=O)ccn1. The van der Waals surface area contributed by atoms with E-state index in [0.717, 1.165) is 10.7 Å². The first kappa shape index (κ1) is 20.5. The fourth-order valence-electron chi connectivity index (χ4n) is 3.48. The lowest BCUT2D eigenvalue weighted by atomic mass is 10.0. The molecular formula is C21H22N6O4. The average Bonchev–Trinajstić information content (AvgIpc) is 3.07. The number of para-hydroxylation sites is 1. The molecule has 1 aromatic carbocycles. The van der Waals surface area contributed by atoms with Crippen LogP contribution >= 0.6 is 0 Å². The van der Waals surface area contributed by atoms with Gasteiger partial charge in [-0.25, -0.2) is 15.8 Å². The Labute approximate surface area is 178 Å². The minimum Gasteiger partial charge on any atom is -0.375 e. The molecule has 4 rings (SSSR count). The van der Waals surface area contributed by atoms with E-state index in [1.54, 1.807) is 12.1 Å². The Morgan fingerprint density at radius 3 is 2.81 bits per heavy atom. The van der Waals surface area contributed by atoms with Crippen LogP contribution in [0.15, 0.2) is 48.7 Å². The van der Waals surface area contributed by atoms with Gasteiger partial charge in [-0.15, -0.1) is 0 Å². The van der Waals surface area contributed by atoms with Crippen molar-refractivity contribution in [2.45, 2.75) is 6.61 Å². The summed E-state index contributed by atoms with van der Waals surface area (Å²) >= 11 is 0. The summed E-state index contributed by atoms with van der Waals surface area (Å²) < 4.78 is 11.7. The van der Waals surface area contributed by atoms with Crippen LogP contribution in [0.2, 0.25) is 0 Å². The van der Waals surface area contributed by atoms with Crippen LogP contribution in [0.3, 0.4) is 0 Å². The zero-order valence-electron chi connectivity index (χ0n) is 16.9. The van der Waals surface area contributed by atoms with Crippen molar-refractivity contribution in [2.24, 2.45) is 5.84 Å². The number of nitrogens with two attached hydrogens (primary N) is 2. The predicted octanol–water partition coefficient (Wildman–Crippen LogP) is 1.57. The molecule has 0 spiro atoms. The van der Waals surface area contributed by atoms with E-state index in [2.05, 4.69) is 10.3 Å². The molecule has 1 aliphatic heterocycles. The summed E-state index contributed by atoms with van der Waals surface area (Å²) in [6.45, 7) is -0.00540. The van der Waals surface area contributed by atoms with Gasteiger partial charge in [0.05, 0.1) is 29.2 Å². The molecule has 5 N–H and O–H groups in total. The van der Waals surface area contributed by atoms with Crippen LogP contribution < -0.4 is 22.0 Å². The van der Waals surface area contributed by atoms with Gasteiger partial charge in [0.25, 0.3) is 5.91 Å². The number of methoxy groups -OCH3 is 1. The van der Waals surface area contributed by atoms with Crippen molar-refractivity contribution < 1.29 is 19.1 Å². The first-order valence-electron chi connectivity index (χ1n) is 9.50. The van der Waals surface area contributed by atoms with Gasteiger partial charge in [-0.3, -0.25) is 14.3 Å². The molecule has 3 aromatic rings. The average molecular weight is 422 g/mol. The number of anilines is 3. The number of pyridine rings is 1. The van der Waals surface area contributed by atoms with Crippen molar-refractivity contribution in [3.63, 3.8) is 0 Å². The van der Waals surface area contributed by atoms with Gasteiger partial charge in [0, 0.05) is 24.6 Å². The van der Waals surface area contributed by atoms with Gasteiger partial charge in [-0.1, -0.05) is 18.2 Å². The highest BCUT2D eigenvalue weighted by Gasteiger charge is 2.31. The number of carbonyl (C=O) groups is 2. The van der Waals surface area contributed by atoms with E-state index < -0.39 is 5.91 Å². The van der Waals surface area contributed by atoms with Crippen LogP contribution in [0.25, 0.3) is 11.3 Å². The molecule has 160 valence electrons. The highest BCUT2D eigenvalue weighted by atomic mass is 16.5. The summed E-state index contributed by atoms with van der Waals surface area (Å²) in [6, 6.07) is 12.8. The number of Topliss-reactive ketones (excluding diaryl/α,β-unsaturated/α-hetero) is 1. The van der Waals surface area contributed by atoms with Gasteiger partial charge >= 0.3 is 0 Å². The van der Waals surface area contributed by atoms with Gasteiger partial charge in [-0.2, -0.15) is 0 Å². The molecule has 0 saturated heterocycles. The third kappa shape index (κ3) is 3.87. The Hall–Kier alpha value is -3.73. The molecular weight excluding hydrogens is 400 g/mol. The number of nitrogens with zero attached hydrogens (tertiary/aromatic N) is 3. The fraction of sp³-hybridized carbons (Fsp3) is 0.190. The molecule has 1 amide bonds. The van der Waals surface area contributed by atoms with Crippen molar-refractivity contribution in [1.29, 1.82) is 0 Å². The van der Waals surface area contributed by atoms with Crippen molar-refractivity contribution >= 4 is 28.9 Å². The summed E-state index contributed by atoms with van der Waals surface area (Å²) in [5, 5.41) is 4.22. The Morgan fingerprint density at radius 2 is 2.06 bits per heavy atom. The van der Waals surface area contributed by atoms with E-state index in [4.69, 9.17) is 21.2 Å². The Bertz CT molecular complexity index is 1130. The minimum absolute atomic E-state index is 0.0242. The maximum atomic E-state index is 12.7. The number of amides is 1. The lowest BCUT2D eigenvalue weighted by Crippen LogP contribution is -2.40. The summed E-state index contributed by atoms with van der Waals surface area (Å²) in [4.78, 5) is 29.0. The highest BCUT2D eigenvalue weighted by molar-refractivity contribution is 6.08. The van der Waals surface area contributed by atoms with E-state index in [1.807, 2.05) is 30.3 Å². The molecule has 0 unspecified atom stereocenters. The van der Waals surface area contributed by atoms with E-state index in [9.17, 15) is 9.59 Å². The number of nitrogen functional groups attached to an aromatic ring is 1. The van der Waals surface area contributed by atoms with Crippen LogP contribution in [0, 0.1) is 0 Å². The molecule has 10 heteroatoms. The van der Waals surface area contributed by atoms with E-state index in [-0.39, 0.29) is 31.4 Å². The standard InChI is InChI=1S/C21H22N6O4/c1-30-12-18(29)27(23)17-9-13(7-8-24-17)21-20(25-14-5-3-2-4-6-14)19-15(26(21)22)10-31-11-16(19)28/h2-9,25H,10-12,22-23H2,1H3. The smallest absolute Gasteiger partial charge is 0.268 e. The number of rotatable bonds is 6. The quantitative estimate of drug-likeness (QED) is 0.309. The van der Waals surface area contributed by atoms with Crippen molar-refractivity contribution in [3.8, 4) is 11.3 Å². The minimum atomic E-state index is -0.458. The van der Waals surface area contributed by atoms with Crippen molar-refractivity contribution in [1.82, 2.24) is 9.66 Å². The number of ether oxygens (including phenoxy) is 2. The van der Waals surface area contributed by atoms with E-state index in [1.165, 1.54) is 18.0 Å². The Kier molecular flexibility index (Phi) is 5.67. The zero-order valence-corrected chi connectivity index (χ0v) is 16.9. The highest BCUT2D eigenvalue weighted by Crippen LogP contribution is 2.39. The van der Waals surface area contributed by atoms with Gasteiger partial charge in [0.15, 0.2) is 5.78 Å². The Morgan fingerprint density at radius 1 is 1.29 bits per heavy atom. The van der Waals surface area contributed by atoms with E-state index >= 15 is 0 Å². The number of hydrazine groups is 1. The molecule has 0 saturated carbocycles. The number of fused-ring (bicyclic) bond motifs is 1. The largest absolute Gasteiger partial charge is 0.375 e. The van der Waals surface area contributed by atoms with Gasteiger partial charge in [0.2, 0.25) is 0 Å². The molecule has 10 nitrogen and oxygen atoms in total. The molecule has 31 heavy (non-hydrogen) atoms. The third-order valence-electron chi connectivity index (χ3n) is 4.90. The molecule has 0 radical (unpaired) electrons. The summed E-state index contributed by atoms with van der Waals surface area (Å²) in [7, 11) is 1.40. The van der Waals surface area contributed by atoms with Crippen LogP contribution in [-0.2, 0) is 20.9 Å². The second-order valence-electron chi connectivity index (χ2n) is 6.92. The second kappa shape index (κ2) is 8.56. The monoisotopic (exact) mass is 422 g/mol. The summed E-state index contributed by atoms with van der Waals surface area (Å²) in [5.41, 5.74) is 3.55. The number of benzene rings is 1. The van der Waals surface area contributed by atoms with Crippen molar-refractivity contribution in [2.75, 3.05) is 36.5 Å². The molecule has 3 heterocycles. The second-order valence-corrected chi connectivity index (χ2v) is 6.92. The zero-order chi connectivity index (χ0) is 22.0. The number of nitrogens with one attached hydrogen (secondary N) is 1. The van der Waals surface area contributed by atoms with Crippen LogP contribution in [0.4, 0.5) is 17.2 Å². The lowest BCUT2D eigenvalue weighted by molar-refractivity contribution is -0.122. The number of ketones is 1. The summed E-state index contributed by atoms with van der Waals surface area (Å²) in [6.07, 6.45) is 1.52. The number of hydrogen-bond acceptors (Lipinski definition) is 8. The first-order chi connectivity index (χ1) is 15.0. The maximum absolute atomic E-state index is 12.7. The third-order valence-corrected chi connectivity index (χ3v) is 4.90. The van der Waals surface area contributed by atoms with Gasteiger partial charge in [-0.05, 0) is 24.3 Å². The Balaban J connectivity index is 1.84. The molecule has 1 aliphatic rings. The van der Waals surface area contributed by atoms with E-state index in [0.29, 0.717) is 28.2 Å². The molecule has 0 bridgehead atoms. The molecule has 0 aliphatic carbocycles. The van der Waals surface area contributed by atoms with Crippen LogP contribution in [0.5, 0.6) is 0 Å². The number of carbonyl (C=O) groups excluding carboxylic acids is 2. The van der Waals surface area contributed by atoms with Gasteiger partial charge in [0.1, 0.15) is 19.0 Å². The van der Waals surface area contributed by atoms with Gasteiger partial charge < -0.3 is 20.6 Å². The number of aromatic nitrogens is 2. The summed E-state index contributed by atoms with van der Waals surface area (Å²) in [5.74, 6) is 11.9. The fourth-order valence-corrected chi connectivity index (χ4v) is 3.48. The topological polar surface area (TPSA) is 138 Å². The van der Waals surface area contributed by atoms with Crippen LogP contribution in [0.1, 0.15) is 16.1 Å². The van der Waals surface area contributed by atoms with Crippen molar-refractivity contribution in [3.05, 3.63) is 59.9 Å². The maximum Gasteiger partial charge on any atom is 0.268 e. The molecule has 0 fully saturated rings. The normalized spacial score (nSPS) is 13.0. The number of hydrogen-bond donors (Lipinski definition) is 3. The van der Waals surface area contributed by atoms with Crippen LogP contribution in [-0.4, -0.2) is 41.7 Å². The lowest BCUT2D eigenvalue weighted by Gasteiger charge is -2.17. The first-order valence-corrected chi connectivity index (χ1v) is 9.50. The molecule has 2 aromatic heterocycles. The molecule has 0 atom stereocenters.